The Kier molecular flexibility index (Phi) is 6.17. The lowest BCUT2D eigenvalue weighted by atomic mass is 10.3. The molecule has 7 nitrogen and oxygen atoms in total. The van der Waals surface area contributed by atoms with Gasteiger partial charge >= 0.3 is 0 Å². The molecule has 5 N–H and O–H groups in total. The van der Waals surface area contributed by atoms with E-state index in [0.29, 0.717) is 17.6 Å². The topological polar surface area (TPSA) is 116 Å². The molecule has 0 radical (unpaired) electrons. The first-order valence-corrected chi connectivity index (χ1v) is 6.26. The summed E-state index contributed by atoms with van der Waals surface area (Å²) in [7, 11) is 2.85. The number of hydrogen-bond acceptors (Lipinski definition) is 6. The minimum absolute atomic E-state index is 0.426. The fourth-order valence-corrected chi connectivity index (χ4v) is 1.92. The molecule has 0 atom stereocenters. The van der Waals surface area contributed by atoms with E-state index in [4.69, 9.17) is 16.6 Å². The molecule has 0 aromatic carbocycles. The molecule has 1 aliphatic carbocycles. The summed E-state index contributed by atoms with van der Waals surface area (Å²) in [4.78, 5) is 11.9. The van der Waals surface area contributed by atoms with Gasteiger partial charge in [0.25, 0.3) is 0 Å². The third kappa shape index (κ3) is 4.15. The Bertz CT molecular complexity index is 419. The lowest BCUT2D eigenvalue weighted by Gasteiger charge is -2.04. The molecule has 1 fully saturated rings. The van der Waals surface area contributed by atoms with Crippen molar-refractivity contribution in [3.8, 4) is 11.5 Å². The van der Waals surface area contributed by atoms with E-state index >= 15 is 0 Å². The predicted molar refractivity (Wildman–Crippen MR) is 74.4 cm³/mol. The van der Waals surface area contributed by atoms with Crippen molar-refractivity contribution in [2.75, 3.05) is 12.8 Å². The van der Waals surface area contributed by atoms with Gasteiger partial charge in [-0.15, -0.1) is 0 Å². The summed E-state index contributed by atoms with van der Waals surface area (Å²) >= 11 is 0. The van der Waals surface area contributed by atoms with Crippen molar-refractivity contribution in [1.29, 1.82) is 0 Å². The Labute approximate surface area is 113 Å². The van der Waals surface area contributed by atoms with Gasteiger partial charge in [0.15, 0.2) is 11.6 Å². The highest BCUT2D eigenvalue weighted by Crippen LogP contribution is 2.19. The first kappa shape index (κ1) is 15.3. The summed E-state index contributed by atoms with van der Waals surface area (Å²) in [6.45, 7) is 0. The van der Waals surface area contributed by atoms with Crippen LogP contribution in [0.25, 0.3) is 11.5 Å². The van der Waals surface area contributed by atoms with Crippen molar-refractivity contribution in [3.05, 3.63) is 12.7 Å². The number of aliphatic hydroxyl groups excluding tert-OH is 1. The van der Waals surface area contributed by atoms with Gasteiger partial charge in [-0.1, -0.05) is 12.8 Å². The number of rotatable bonds is 0. The highest BCUT2D eigenvalue weighted by Gasteiger charge is 2.11. The Balaban J connectivity index is 0.000000192. The average molecular weight is 266 g/mol. The zero-order chi connectivity index (χ0) is 14.3. The lowest BCUT2D eigenvalue weighted by Crippen LogP contribution is -2.13. The lowest BCUT2D eigenvalue weighted by molar-refractivity contribution is 0.399. The Morgan fingerprint density at radius 1 is 1.21 bits per heavy atom. The summed E-state index contributed by atoms with van der Waals surface area (Å²) in [6.07, 6.45) is 8.34. The van der Waals surface area contributed by atoms with Gasteiger partial charge in [0.1, 0.15) is 12.0 Å². The van der Waals surface area contributed by atoms with Gasteiger partial charge in [0.2, 0.25) is 0 Å². The van der Waals surface area contributed by atoms with Gasteiger partial charge in [-0.3, -0.25) is 0 Å². The highest BCUT2D eigenvalue weighted by atomic mass is 16.2. The maximum Gasteiger partial charge on any atom is 0.165 e. The molecular weight excluding hydrogens is 244 g/mol. The second kappa shape index (κ2) is 7.65. The van der Waals surface area contributed by atoms with Crippen LogP contribution in [0.15, 0.2) is 12.7 Å². The van der Waals surface area contributed by atoms with Gasteiger partial charge in [-0.2, -0.15) is 0 Å². The van der Waals surface area contributed by atoms with E-state index in [-0.39, 0.29) is 0 Å². The predicted octanol–water partition coefficient (Wildman–Crippen LogP) is 0.393. The van der Waals surface area contributed by atoms with Crippen LogP contribution in [0.3, 0.4) is 0 Å². The molecule has 3 aliphatic rings. The molecule has 0 spiro atoms. The van der Waals surface area contributed by atoms with Gasteiger partial charge in [-0.05, 0) is 12.8 Å². The van der Waals surface area contributed by atoms with Crippen LogP contribution in [0.5, 0.6) is 0 Å². The van der Waals surface area contributed by atoms with Gasteiger partial charge in [0, 0.05) is 20.2 Å². The minimum Gasteiger partial charge on any atom is -0.400 e. The zero-order valence-electron chi connectivity index (χ0n) is 11.5. The number of hydrogen-bond donors (Lipinski definition) is 3. The summed E-state index contributed by atoms with van der Waals surface area (Å²) in [6, 6.07) is 0.546. The average Bonchev–Trinajstić information content (AvgIpc) is 3.08. The molecule has 2 aliphatic heterocycles. The summed E-state index contributed by atoms with van der Waals surface area (Å²) in [5, 5.41) is 7.00. The second-order valence-electron chi connectivity index (χ2n) is 4.33. The fraction of sp³-hybridized carbons (Fsp3) is 0.583. The number of anilines is 1. The highest BCUT2D eigenvalue weighted by molar-refractivity contribution is 5.64. The molecule has 3 rings (SSSR count). The van der Waals surface area contributed by atoms with Crippen molar-refractivity contribution in [1.82, 2.24) is 19.5 Å². The first-order valence-electron chi connectivity index (χ1n) is 6.26. The molecule has 19 heavy (non-hydrogen) atoms. The second-order valence-corrected chi connectivity index (χ2v) is 4.33. The number of aryl methyl sites for hydroxylation is 1. The monoisotopic (exact) mass is 266 g/mol. The van der Waals surface area contributed by atoms with Crippen LogP contribution in [0.4, 0.5) is 5.82 Å². The maximum absolute atomic E-state index is 7.00. The number of imidazole rings is 1. The molecule has 0 saturated heterocycles. The van der Waals surface area contributed by atoms with Crippen LogP contribution in [0.1, 0.15) is 25.7 Å². The SMILES string of the molecule is CO.Cn1cnc(N)c2ncnc1-2.NC1CCCC1. The number of aliphatic hydroxyl groups is 1. The molecule has 2 heterocycles. The molecule has 1 saturated carbocycles. The number of nitrogens with two attached hydrogens (primary N) is 2. The van der Waals surface area contributed by atoms with Crippen molar-refractivity contribution >= 4 is 5.82 Å². The van der Waals surface area contributed by atoms with E-state index in [9.17, 15) is 0 Å². The third-order valence-electron chi connectivity index (χ3n) is 2.93. The molecule has 0 unspecified atom stereocenters. The zero-order valence-corrected chi connectivity index (χ0v) is 11.5. The van der Waals surface area contributed by atoms with Crippen molar-refractivity contribution in [3.63, 3.8) is 0 Å². The third-order valence-corrected chi connectivity index (χ3v) is 2.93. The van der Waals surface area contributed by atoms with Crippen LogP contribution < -0.4 is 11.5 Å². The van der Waals surface area contributed by atoms with Crippen LogP contribution >= 0.6 is 0 Å². The standard InChI is InChI=1S/C6H7N5.C5H11N.CH4O/c1-11-3-10-5(7)4-6(11)9-2-8-4;6-5-3-1-2-4-5;1-2/h2-3H,7H2,1H3;5H,1-4,6H2;2H,1H3. The van der Waals surface area contributed by atoms with Crippen molar-refractivity contribution < 1.29 is 5.11 Å². The largest absolute Gasteiger partial charge is 0.400 e. The van der Waals surface area contributed by atoms with E-state index in [1.54, 1.807) is 10.9 Å². The van der Waals surface area contributed by atoms with E-state index in [2.05, 4.69) is 15.0 Å². The molecule has 106 valence electrons. The number of aromatic nitrogens is 4. The van der Waals surface area contributed by atoms with Gasteiger partial charge in [0.05, 0.1) is 6.33 Å². The normalized spacial score (nSPS) is 14.5. The minimum atomic E-state index is 0.426. The van der Waals surface area contributed by atoms with E-state index in [1.165, 1.54) is 32.0 Å². The molecule has 0 aromatic heterocycles. The quantitative estimate of drug-likeness (QED) is 0.635. The summed E-state index contributed by atoms with van der Waals surface area (Å²) in [5.41, 5.74) is 11.7. The van der Waals surface area contributed by atoms with Crippen LogP contribution in [-0.2, 0) is 7.05 Å². The van der Waals surface area contributed by atoms with Crippen LogP contribution in [-0.4, -0.2) is 37.8 Å². The summed E-state index contributed by atoms with van der Waals surface area (Å²) < 4.78 is 1.78. The number of fused-ring (bicyclic) bond motifs is 1. The van der Waals surface area contributed by atoms with Crippen molar-refractivity contribution in [2.24, 2.45) is 12.8 Å². The van der Waals surface area contributed by atoms with E-state index in [0.717, 1.165) is 12.9 Å². The van der Waals surface area contributed by atoms with E-state index in [1.807, 2.05) is 7.05 Å². The van der Waals surface area contributed by atoms with E-state index < -0.39 is 0 Å². The number of nitrogen functional groups attached to an aromatic ring is 1. The number of nitrogens with zero attached hydrogens (tertiary/aromatic N) is 4. The molecule has 7 heteroatoms. The summed E-state index contributed by atoms with van der Waals surface area (Å²) in [5.74, 6) is 1.19. The maximum atomic E-state index is 7.00. The van der Waals surface area contributed by atoms with Crippen LogP contribution in [0, 0.1) is 0 Å². The van der Waals surface area contributed by atoms with Gasteiger partial charge < -0.3 is 21.1 Å². The van der Waals surface area contributed by atoms with Crippen LogP contribution in [0.2, 0.25) is 0 Å². The molecule has 0 aromatic rings. The smallest absolute Gasteiger partial charge is 0.165 e. The van der Waals surface area contributed by atoms with Gasteiger partial charge in [-0.25, -0.2) is 15.0 Å². The Morgan fingerprint density at radius 2 is 1.84 bits per heavy atom. The Morgan fingerprint density at radius 3 is 2.32 bits per heavy atom. The fourth-order valence-electron chi connectivity index (χ4n) is 1.92. The molecule has 0 bridgehead atoms. The van der Waals surface area contributed by atoms with Crippen molar-refractivity contribution in [2.45, 2.75) is 31.7 Å². The molecular formula is C12H22N6O. The molecule has 0 amide bonds. The first-order chi connectivity index (χ1) is 9.18. The Hall–Kier alpha value is -1.73.